The summed E-state index contributed by atoms with van der Waals surface area (Å²) in [5.41, 5.74) is 0.511. The van der Waals surface area contributed by atoms with Crippen LogP contribution in [-0.4, -0.2) is 41.1 Å². The molecule has 1 aromatic carbocycles. The number of ether oxygens (including phenoxy) is 1. The summed E-state index contributed by atoms with van der Waals surface area (Å²) in [7, 11) is 1.46. The largest absolute Gasteiger partial charge is 0.483 e. The Hall–Kier alpha value is -2.58. The Morgan fingerprint density at radius 2 is 1.93 bits per heavy atom. The van der Waals surface area contributed by atoms with Crippen LogP contribution < -0.4 is 15.4 Å². The van der Waals surface area contributed by atoms with Gasteiger partial charge in [-0.15, -0.1) is 0 Å². The van der Waals surface area contributed by atoms with Crippen molar-refractivity contribution in [1.82, 2.24) is 15.6 Å². The fourth-order valence-corrected chi connectivity index (χ4v) is 3.67. The van der Waals surface area contributed by atoms with Crippen LogP contribution in [-0.2, 0) is 0 Å². The molecule has 162 valence electrons. The van der Waals surface area contributed by atoms with E-state index < -0.39 is 17.8 Å². The van der Waals surface area contributed by atoms with Gasteiger partial charge in [0.1, 0.15) is 23.3 Å². The number of hydrogen-bond donors (Lipinski definition) is 4. The quantitative estimate of drug-likeness (QED) is 0.556. The Balaban J connectivity index is 1.78. The first-order valence-electron chi connectivity index (χ1n) is 9.84. The second-order valence-corrected chi connectivity index (χ2v) is 7.84. The second-order valence-electron chi connectivity index (χ2n) is 7.41. The van der Waals surface area contributed by atoms with Crippen LogP contribution in [0.5, 0.6) is 5.75 Å². The van der Waals surface area contributed by atoms with Crippen LogP contribution in [0, 0.1) is 5.82 Å². The van der Waals surface area contributed by atoms with E-state index in [9.17, 15) is 19.1 Å². The summed E-state index contributed by atoms with van der Waals surface area (Å²) >= 11 is 5.80. The van der Waals surface area contributed by atoms with Crippen molar-refractivity contribution in [3.8, 4) is 5.75 Å². The molecule has 9 heteroatoms. The maximum absolute atomic E-state index is 14.2. The highest BCUT2D eigenvalue weighted by atomic mass is 35.5. The Morgan fingerprint density at radius 3 is 2.57 bits per heavy atom. The average molecular weight is 438 g/mol. The van der Waals surface area contributed by atoms with Gasteiger partial charge in [-0.25, -0.2) is 4.39 Å². The number of nitrogens with one attached hydrogen (secondary N) is 3. The topological polar surface area (TPSA) is 103 Å². The maximum atomic E-state index is 14.2. The van der Waals surface area contributed by atoms with E-state index in [4.69, 9.17) is 16.3 Å². The van der Waals surface area contributed by atoms with Crippen LogP contribution in [0.3, 0.4) is 0 Å². The molecule has 2 aromatic rings. The summed E-state index contributed by atoms with van der Waals surface area (Å²) in [6.07, 6.45) is 1.60. The summed E-state index contributed by atoms with van der Waals surface area (Å²) in [5.74, 6) is -1.22. The number of rotatable bonds is 6. The zero-order valence-corrected chi connectivity index (χ0v) is 17.6. The van der Waals surface area contributed by atoms with Gasteiger partial charge >= 0.3 is 0 Å². The number of halogens is 2. The molecule has 4 N–H and O–H groups in total. The van der Waals surface area contributed by atoms with Gasteiger partial charge in [0.2, 0.25) is 0 Å². The van der Waals surface area contributed by atoms with Crippen molar-refractivity contribution < 1.29 is 23.8 Å². The molecule has 0 radical (unpaired) electrons. The van der Waals surface area contributed by atoms with Gasteiger partial charge in [-0.2, -0.15) is 0 Å². The Kier molecular flexibility index (Phi) is 6.99. The third kappa shape index (κ3) is 5.12. The van der Waals surface area contributed by atoms with Crippen molar-refractivity contribution in [2.75, 3.05) is 7.05 Å². The molecule has 7 nitrogen and oxygen atoms in total. The van der Waals surface area contributed by atoms with E-state index in [0.29, 0.717) is 25.7 Å². The fraction of sp³-hybridized carbons (Fsp3) is 0.429. The minimum atomic E-state index is -0.725. The number of aliphatic hydroxyl groups is 1. The van der Waals surface area contributed by atoms with E-state index in [-0.39, 0.29) is 45.8 Å². The summed E-state index contributed by atoms with van der Waals surface area (Å²) in [6, 6.07) is 5.64. The van der Waals surface area contributed by atoms with Gasteiger partial charge in [-0.05, 0) is 44.7 Å². The van der Waals surface area contributed by atoms with Gasteiger partial charge in [0, 0.05) is 29.7 Å². The minimum Gasteiger partial charge on any atom is -0.483 e. The zero-order valence-electron chi connectivity index (χ0n) is 16.8. The highest BCUT2D eigenvalue weighted by Gasteiger charge is 2.25. The lowest BCUT2D eigenvalue weighted by molar-refractivity contribution is 0.0863. The van der Waals surface area contributed by atoms with Crippen molar-refractivity contribution in [2.45, 2.75) is 50.9 Å². The molecule has 0 saturated heterocycles. The number of aromatic amines is 1. The first-order chi connectivity index (χ1) is 14.3. The first kappa shape index (κ1) is 22.1. The Bertz CT molecular complexity index is 925. The number of carbonyl (C=O) groups excluding carboxylic acids is 2. The SMILES string of the molecule is CNC(=O)c1[nH]c(C(=O)NC2CCC(O)CC2)cc1O[C@H](C)c1ccc(Cl)cc1F. The number of aliphatic hydroxyl groups excluding tert-OH is 1. The predicted octanol–water partition coefficient (Wildman–Crippen LogP) is 3.34. The molecular weight excluding hydrogens is 413 g/mol. The van der Waals surface area contributed by atoms with Crippen molar-refractivity contribution in [1.29, 1.82) is 0 Å². The summed E-state index contributed by atoms with van der Waals surface area (Å²) in [5, 5.41) is 15.3. The lowest BCUT2D eigenvalue weighted by atomic mass is 9.93. The number of benzene rings is 1. The molecular formula is C21H25ClFN3O4. The summed E-state index contributed by atoms with van der Waals surface area (Å²) in [6.45, 7) is 1.64. The number of hydrogen-bond acceptors (Lipinski definition) is 4. The van der Waals surface area contributed by atoms with E-state index in [0.717, 1.165) is 0 Å². The number of amides is 2. The molecule has 1 fully saturated rings. The molecule has 0 unspecified atom stereocenters. The van der Waals surface area contributed by atoms with Crippen LogP contribution in [0.25, 0.3) is 0 Å². The predicted molar refractivity (Wildman–Crippen MR) is 110 cm³/mol. The second kappa shape index (κ2) is 9.49. The zero-order chi connectivity index (χ0) is 21.8. The van der Waals surface area contributed by atoms with Crippen molar-refractivity contribution >= 4 is 23.4 Å². The number of aromatic nitrogens is 1. The first-order valence-corrected chi connectivity index (χ1v) is 10.2. The van der Waals surface area contributed by atoms with Crippen molar-refractivity contribution in [3.63, 3.8) is 0 Å². The maximum Gasteiger partial charge on any atom is 0.271 e. The minimum absolute atomic E-state index is 0.0425. The monoisotopic (exact) mass is 437 g/mol. The smallest absolute Gasteiger partial charge is 0.271 e. The molecule has 1 heterocycles. The lowest BCUT2D eigenvalue weighted by Crippen LogP contribution is -2.38. The third-order valence-corrected chi connectivity index (χ3v) is 5.45. The molecule has 2 amide bonds. The van der Waals surface area contributed by atoms with Gasteiger partial charge in [-0.3, -0.25) is 9.59 Å². The number of H-pyrrole nitrogens is 1. The molecule has 1 atom stereocenters. The van der Waals surface area contributed by atoms with Gasteiger partial charge in [0.15, 0.2) is 5.75 Å². The van der Waals surface area contributed by atoms with Crippen molar-refractivity contribution in [3.05, 3.63) is 52.1 Å². The normalized spacial score (nSPS) is 19.8. The van der Waals surface area contributed by atoms with Crippen LogP contribution in [0.4, 0.5) is 4.39 Å². The molecule has 1 aliphatic rings. The lowest BCUT2D eigenvalue weighted by Gasteiger charge is -2.25. The van der Waals surface area contributed by atoms with Crippen LogP contribution in [0.2, 0.25) is 5.02 Å². The third-order valence-electron chi connectivity index (χ3n) is 5.22. The van der Waals surface area contributed by atoms with E-state index in [1.807, 2.05) is 0 Å². The molecule has 1 aromatic heterocycles. The van der Waals surface area contributed by atoms with E-state index >= 15 is 0 Å². The van der Waals surface area contributed by atoms with Gasteiger partial charge in [-0.1, -0.05) is 17.7 Å². The van der Waals surface area contributed by atoms with E-state index in [1.165, 1.54) is 25.2 Å². The standard InChI is InChI=1S/C21H25ClFN3O4/c1-11(15-8-3-12(22)9-16(15)23)30-18-10-17(26-19(18)21(29)24-2)20(28)25-13-4-6-14(27)7-5-13/h3,8-11,13-14,26-27H,4-7H2,1-2H3,(H,24,29)(H,25,28)/t11-,13?,14?/m1/s1. The van der Waals surface area contributed by atoms with Gasteiger partial charge in [0.25, 0.3) is 11.8 Å². The summed E-state index contributed by atoms with van der Waals surface area (Å²) in [4.78, 5) is 27.7. The molecule has 30 heavy (non-hydrogen) atoms. The fourth-order valence-electron chi connectivity index (χ4n) is 3.51. The van der Waals surface area contributed by atoms with E-state index in [1.54, 1.807) is 13.0 Å². The van der Waals surface area contributed by atoms with Gasteiger partial charge in [0.05, 0.1) is 6.10 Å². The molecule has 0 spiro atoms. The van der Waals surface area contributed by atoms with Crippen LogP contribution >= 0.6 is 11.6 Å². The molecule has 1 saturated carbocycles. The van der Waals surface area contributed by atoms with Gasteiger partial charge < -0.3 is 25.5 Å². The highest BCUT2D eigenvalue weighted by Crippen LogP contribution is 2.29. The van der Waals surface area contributed by atoms with Crippen LogP contribution in [0.1, 0.15) is 65.3 Å². The molecule has 3 rings (SSSR count). The highest BCUT2D eigenvalue weighted by molar-refractivity contribution is 6.30. The van der Waals surface area contributed by atoms with Crippen molar-refractivity contribution in [2.24, 2.45) is 0 Å². The molecule has 0 bridgehead atoms. The average Bonchev–Trinajstić information content (AvgIpc) is 3.13. The summed E-state index contributed by atoms with van der Waals surface area (Å²) < 4.78 is 20.0. The van der Waals surface area contributed by atoms with E-state index in [2.05, 4.69) is 15.6 Å². The Labute approximate surface area is 179 Å². The number of carbonyl (C=O) groups is 2. The molecule has 1 aliphatic carbocycles. The Morgan fingerprint density at radius 1 is 1.23 bits per heavy atom. The molecule has 0 aliphatic heterocycles. The van der Waals surface area contributed by atoms with Crippen LogP contribution in [0.15, 0.2) is 24.3 Å².